The molecule has 6 nitrogen and oxygen atoms in total. The largest absolute Gasteiger partial charge is 0.374 e. The maximum absolute atomic E-state index is 12.3. The summed E-state index contributed by atoms with van der Waals surface area (Å²) in [5.74, 6) is 0.703. The smallest absolute Gasteiger partial charge is 0.160 e. The molecule has 5 rings (SSSR count). The molecule has 7 heteroatoms. The molecule has 0 radical (unpaired) electrons. The van der Waals surface area contributed by atoms with Crippen molar-refractivity contribution in [3.05, 3.63) is 81.0 Å². The van der Waals surface area contributed by atoms with Gasteiger partial charge in [0, 0.05) is 35.1 Å². The average Bonchev–Trinajstić information content (AvgIpc) is 3.51. The number of nitrogens with zero attached hydrogens (tertiary/aromatic N) is 5. The molecule has 3 heterocycles. The molecule has 1 aliphatic carbocycles. The molecule has 33 heavy (non-hydrogen) atoms. The highest BCUT2D eigenvalue weighted by molar-refractivity contribution is 6.36. The van der Waals surface area contributed by atoms with Crippen LogP contribution >= 0.6 is 11.6 Å². The lowest BCUT2D eigenvalue weighted by molar-refractivity contribution is 0.115. The number of aryl methyl sites for hydroxylation is 4. The second kappa shape index (κ2) is 8.19. The Labute approximate surface area is 198 Å². The van der Waals surface area contributed by atoms with Crippen molar-refractivity contribution < 1.29 is 5.11 Å². The van der Waals surface area contributed by atoms with Gasteiger partial charge in [0.15, 0.2) is 5.60 Å². The Morgan fingerprint density at radius 2 is 1.94 bits per heavy atom. The Morgan fingerprint density at radius 1 is 1.15 bits per heavy atom. The van der Waals surface area contributed by atoms with E-state index in [4.69, 9.17) is 16.6 Å². The summed E-state index contributed by atoms with van der Waals surface area (Å²) in [6.45, 7) is 5.97. The summed E-state index contributed by atoms with van der Waals surface area (Å²) in [4.78, 5) is 9.54. The van der Waals surface area contributed by atoms with Gasteiger partial charge in [0.2, 0.25) is 0 Å². The maximum Gasteiger partial charge on any atom is 0.160 e. The molecule has 0 saturated heterocycles. The topological polar surface area (TPSA) is 76.7 Å². The molecule has 0 aliphatic heterocycles. The molecule has 0 amide bonds. The number of hydrogen-bond acceptors (Lipinski definition) is 5. The second-order valence-electron chi connectivity index (χ2n) is 9.12. The van der Waals surface area contributed by atoms with E-state index >= 15 is 0 Å². The number of halogens is 1. The number of pyridine rings is 2. The third kappa shape index (κ3) is 3.71. The Morgan fingerprint density at radius 3 is 2.58 bits per heavy atom. The minimum absolute atomic E-state index is 0.558. The van der Waals surface area contributed by atoms with Crippen LogP contribution in [0.25, 0.3) is 10.9 Å². The number of hydrogen-bond donors (Lipinski definition) is 1. The van der Waals surface area contributed by atoms with E-state index in [-0.39, 0.29) is 0 Å². The molecule has 1 N–H and O–H groups in total. The van der Waals surface area contributed by atoms with E-state index in [0.29, 0.717) is 22.7 Å². The quantitative estimate of drug-likeness (QED) is 0.445. The summed E-state index contributed by atoms with van der Waals surface area (Å²) in [7, 11) is 1.78. The van der Waals surface area contributed by atoms with Gasteiger partial charge < -0.3 is 5.11 Å². The molecule has 0 bridgehead atoms. The van der Waals surface area contributed by atoms with Gasteiger partial charge in [-0.2, -0.15) is 0 Å². The minimum atomic E-state index is -1.50. The summed E-state index contributed by atoms with van der Waals surface area (Å²) in [6.07, 6.45) is 5.92. The van der Waals surface area contributed by atoms with Crippen LogP contribution in [0, 0.1) is 19.8 Å². The summed E-state index contributed by atoms with van der Waals surface area (Å²) in [5, 5.41) is 22.1. The van der Waals surface area contributed by atoms with Gasteiger partial charge in [0.05, 0.1) is 22.4 Å². The molecular formula is C26H28ClN5O. The van der Waals surface area contributed by atoms with Crippen LogP contribution in [0.2, 0.25) is 5.02 Å². The number of fused-ring (bicyclic) bond motifs is 1. The van der Waals surface area contributed by atoms with Gasteiger partial charge in [-0.25, -0.2) is 4.68 Å². The molecule has 1 saturated carbocycles. The summed E-state index contributed by atoms with van der Waals surface area (Å²) in [5.41, 5.74) is 5.11. The van der Waals surface area contributed by atoms with Gasteiger partial charge in [-0.3, -0.25) is 9.97 Å². The summed E-state index contributed by atoms with van der Waals surface area (Å²) >= 11 is 7.01. The first-order valence-corrected chi connectivity index (χ1v) is 11.8. The molecule has 1 aliphatic rings. The molecular weight excluding hydrogens is 434 g/mol. The highest BCUT2D eigenvalue weighted by Gasteiger charge is 2.39. The third-order valence-corrected chi connectivity index (χ3v) is 7.18. The zero-order valence-electron chi connectivity index (χ0n) is 19.4. The molecule has 170 valence electrons. The van der Waals surface area contributed by atoms with Gasteiger partial charge in [-0.1, -0.05) is 35.9 Å². The first-order chi connectivity index (χ1) is 15.8. The van der Waals surface area contributed by atoms with E-state index in [1.807, 2.05) is 44.2 Å². The minimum Gasteiger partial charge on any atom is -0.374 e. The van der Waals surface area contributed by atoms with E-state index in [2.05, 4.69) is 22.2 Å². The number of aromatic nitrogens is 5. The maximum atomic E-state index is 12.3. The monoisotopic (exact) mass is 461 g/mol. The highest BCUT2D eigenvalue weighted by Crippen LogP contribution is 2.41. The van der Waals surface area contributed by atoms with Gasteiger partial charge in [0.25, 0.3) is 0 Å². The lowest BCUT2D eigenvalue weighted by atomic mass is 9.82. The zero-order valence-corrected chi connectivity index (χ0v) is 20.2. The Kier molecular flexibility index (Phi) is 5.46. The Balaban J connectivity index is 1.76. The molecule has 1 aromatic carbocycles. The molecule has 1 atom stereocenters. The molecule has 3 aromatic heterocycles. The fourth-order valence-electron chi connectivity index (χ4n) is 4.77. The van der Waals surface area contributed by atoms with Gasteiger partial charge in [-0.15, -0.1) is 5.10 Å². The van der Waals surface area contributed by atoms with E-state index in [1.54, 1.807) is 17.9 Å². The third-order valence-electron chi connectivity index (χ3n) is 6.74. The van der Waals surface area contributed by atoms with Gasteiger partial charge in [-0.05, 0) is 74.8 Å². The van der Waals surface area contributed by atoms with Crippen LogP contribution in [0.3, 0.4) is 0 Å². The van der Waals surface area contributed by atoms with Crippen molar-refractivity contribution in [1.82, 2.24) is 25.0 Å². The normalized spacial score (nSPS) is 15.7. The van der Waals surface area contributed by atoms with Crippen molar-refractivity contribution in [3.63, 3.8) is 0 Å². The van der Waals surface area contributed by atoms with Gasteiger partial charge >= 0.3 is 0 Å². The number of benzene rings is 1. The number of aliphatic hydroxyl groups is 1. The highest BCUT2D eigenvalue weighted by atomic mass is 35.5. The molecule has 0 spiro atoms. The van der Waals surface area contributed by atoms with Crippen molar-refractivity contribution in [3.8, 4) is 0 Å². The molecule has 1 unspecified atom stereocenters. The summed E-state index contributed by atoms with van der Waals surface area (Å²) in [6, 6.07) is 9.66. The first-order valence-electron chi connectivity index (χ1n) is 11.5. The van der Waals surface area contributed by atoms with Crippen LogP contribution in [-0.2, 0) is 25.5 Å². The van der Waals surface area contributed by atoms with Crippen molar-refractivity contribution in [2.24, 2.45) is 13.0 Å². The predicted octanol–water partition coefficient (Wildman–Crippen LogP) is 4.83. The fourth-order valence-corrected chi connectivity index (χ4v) is 5.11. The van der Waals surface area contributed by atoms with Crippen LogP contribution in [-0.4, -0.2) is 30.1 Å². The van der Waals surface area contributed by atoms with Crippen LogP contribution in [0.15, 0.2) is 36.5 Å². The Hall–Kier alpha value is -2.83. The Bertz CT molecular complexity index is 1360. The SMILES string of the molecule is CCc1nc2ccc(C(O)(c3ccc(C)nc3C)c3cnnn3C)cc2c(Cl)c1CC1CC1. The van der Waals surface area contributed by atoms with Crippen molar-refractivity contribution in [1.29, 1.82) is 0 Å². The second-order valence-corrected chi connectivity index (χ2v) is 9.50. The molecule has 1 fully saturated rings. The van der Waals surface area contributed by atoms with E-state index < -0.39 is 5.60 Å². The predicted molar refractivity (Wildman–Crippen MR) is 129 cm³/mol. The first kappa shape index (κ1) is 22.0. The van der Waals surface area contributed by atoms with E-state index in [1.165, 1.54) is 12.8 Å². The molecule has 4 aromatic rings. The van der Waals surface area contributed by atoms with Crippen LogP contribution in [0.5, 0.6) is 0 Å². The van der Waals surface area contributed by atoms with Crippen molar-refractivity contribution in [2.45, 2.75) is 52.1 Å². The van der Waals surface area contributed by atoms with Crippen molar-refractivity contribution in [2.75, 3.05) is 0 Å². The zero-order chi connectivity index (χ0) is 23.3. The standard InChI is InChI=1S/C26H28ClN5O/c1-5-22-19(12-17-7-8-17)25(27)20-13-18(9-11-23(20)30-22)26(33,24-14-28-31-32(24)4)21-10-6-15(2)29-16(21)3/h6,9-11,13-14,17,33H,5,7-8,12H2,1-4H3. The number of rotatable bonds is 6. The average molecular weight is 462 g/mol. The van der Waals surface area contributed by atoms with E-state index in [0.717, 1.165) is 51.4 Å². The van der Waals surface area contributed by atoms with E-state index in [9.17, 15) is 5.11 Å². The van der Waals surface area contributed by atoms with Crippen molar-refractivity contribution >= 4 is 22.5 Å². The fraction of sp³-hybridized carbons (Fsp3) is 0.385. The lowest BCUT2D eigenvalue weighted by Gasteiger charge is -2.30. The van der Waals surface area contributed by atoms with Gasteiger partial charge in [0.1, 0.15) is 0 Å². The van der Waals surface area contributed by atoms with Crippen LogP contribution in [0.1, 0.15) is 59.2 Å². The van der Waals surface area contributed by atoms with Crippen LogP contribution < -0.4 is 0 Å². The lowest BCUT2D eigenvalue weighted by Crippen LogP contribution is -2.32. The summed E-state index contributed by atoms with van der Waals surface area (Å²) < 4.78 is 1.60. The van der Waals surface area contributed by atoms with Crippen LogP contribution in [0.4, 0.5) is 0 Å².